The first kappa shape index (κ1) is 24.5. The molecule has 1 fully saturated rings. The number of piperidine rings is 1. The van der Waals surface area contributed by atoms with E-state index in [-0.39, 0.29) is 16.5 Å². The van der Waals surface area contributed by atoms with E-state index in [9.17, 15) is 13.2 Å². The molecule has 0 unspecified atom stereocenters. The monoisotopic (exact) mass is 544 g/mol. The molecule has 4 aromatic rings. The van der Waals surface area contributed by atoms with Crippen molar-refractivity contribution in [1.29, 1.82) is 0 Å². The lowest BCUT2D eigenvalue weighted by Gasteiger charge is -2.25. The summed E-state index contributed by atoms with van der Waals surface area (Å²) in [5.74, 6) is -0.439. The first-order valence-electron chi connectivity index (χ1n) is 12.3. The highest BCUT2D eigenvalue weighted by molar-refractivity contribution is 7.89. The quantitative estimate of drug-likeness (QED) is 0.248. The van der Waals surface area contributed by atoms with Crippen molar-refractivity contribution in [3.8, 4) is 16.3 Å². The van der Waals surface area contributed by atoms with Crippen LogP contribution in [0.2, 0.25) is 0 Å². The summed E-state index contributed by atoms with van der Waals surface area (Å²) < 4.78 is 34.7. The molecule has 1 saturated heterocycles. The number of benzene rings is 2. The largest absolute Gasteiger partial charge is 0.402 e. The number of ether oxygens (including phenoxy) is 1. The maximum atomic E-state index is 13.0. The fourth-order valence-corrected chi connectivity index (χ4v) is 6.76. The zero-order chi connectivity index (χ0) is 26.1. The molecule has 0 bridgehead atoms. The Kier molecular flexibility index (Phi) is 6.52. The molecule has 0 atom stereocenters. The molecule has 2 aliphatic heterocycles. The van der Waals surface area contributed by atoms with Crippen LogP contribution < -0.4 is 0 Å². The number of rotatable bonds is 6. The average molecular weight is 545 g/mol. The van der Waals surface area contributed by atoms with Crippen molar-refractivity contribution in [3.63, 3.8) is 0 Å². The molecule has 0 N–H and O–H groups in total. The summed E-state index contributed by atoms with van der Waals surface area (Å²) in [6, 6.07) is 20.0. The third kappa shape index (κ3) is 4.73. The number of carbonyl (C=O) groups is 1. The fourth-order valence-electron chi connectivity index (χ4n) is 4.51. The molecule has 0 amide bonds. The van der Waals surface area contributed by atoms with Gasteiger partial charge >= 0.3 is 5.97 Å². The summed E-state index contributed by atoms with van der Waals surface area (Å²) in [5.41, 5.74) is 3.04. The van der Waals surface area contributed by atoms with Crippen molar-refractivity contribution in [1.82, 2.24) is 14.1 Å². The zero-order valence-corrected chi connectivity index (χ0v) is 22.0. The van der Waals surface area contributed by atoms with Crippen molar-refractivity contribution < 1.29 is 17.9 Å². The summed E-state index contributed by atoms with van der Waals surface area (Å²) in [7, 11) is -3.55. The van der Waals surface area contributed by atoms with Crippen LogP contribution in [0.1, 0.15) is 30.4 Å². The van der Waals surface area contributed by atoms with Gasteiger partial charge in [-0.3, -0.25) is 0 Å². The molecule has 6 rings (SSSR count). The highest BCUT2D eigenvalue weighted by atomic mass is 32.2. The standard InChI is InChI=1S/C28H24N4O4S2/c33-28-24(18-21-19-32(22-8-3-1-4-9-22)30-26(21)25-10-7-17-37-25)29-27(36-28)20-11-13-23(14-12-20)38(34,35)31-15-5-2-6-16-31/h1,3-4,7-14,17-19H,2,5-6,15-16H2/b24-18-. The molecule has 8 nitrogen and oxygen atoms in total. The van der Waals surface area contributed by atoms with Gasteiger partial charge in [0.2, 0.25) is 15.9 Å². The van der Waals surface area contributed by atoms with Crippen molar-refractivity contribution in [3.05, 3.63) is 95.1 Å². The van der Waals surface area contributed by atoms with Crippen LogP contribution in [-0.4, -0.2) is 47.5 Å². The van der Waals surface area contributed by atoms with E-state index in [2.05, 4.69) is 4.99 Å². The third-order valence-electron chi connectivity index (χ3n) is 6.48. The van der Waals surface area contributed by atoms with Gasteiger partial charge in [0, 0.05) is 30.4 Å². The lowest BCUT2D eigenvalue weighted by molar-refractivity contribution is -0.129. The number of cyclic esters (lactones) is 1. The predicted molar refractivity (Wildman–Crippen MR) is 147 cm³/mol. The summed E-state index contributed by atoms with van der Waals surface area (Å²) in [4.78, 5) is 18.4. The Morgan fingerprint density at radius 1 is 0.921 bits per heavy atom. The van der Waals surface area contributed by atoms with Crippen LogP contribution in [0.4, 0.5) is 0 Å². The Labute approximate surface area is 224 Å². The van der Waals surface area contributed by atoms with Crippen LogP contribution >= 0.6 is 11.3 Å². The van der Waals surface area contributed by atoms with Crippen LogP contribution in [0.15, 0.2) is 93.9 Å². The van der Waals surface area contributed by atoms with E-state index < -0.39 is 16.0 Å². The Bertz CT molecular complexity index is 1630. The minimum Gasteiger partial charge on any atom is -0.402 e. The first-order valence-corrected chi connectivity index (χ1v) is 14.6. The van der Waals surface area contributed by atoms with Crippen LogP contribution in [0.25, 0.3) is 22.3 Å². The molecule has 0 spiro atoms. The van der Waals surface area contributed by atoms with E-state index in [0.29, 0.717) is 18.7 Å². The number of sulfonamides is 1. The van der Waals surface area contributed by atoms with Crippen LogP contribution in [0, 0.1) is 0 Å². The number of thiophene rings is 1. The lowest BCUT2D eigenvalue weighted by Crippen LogP contribution is -2.35. The molecule has 2 aliphatic rings. The van der Waals surface area contributed by atoms with Crippen LogP contribution in [0.5, 0.6) is 0 Å². The average Bonchev–Trinajstić information content (AvgIpc) is 3.71. The Balaban J connectivity index is 1.31. The topological polar surface area (TPSA) is 93.9 Å². The smallest absolute Gasteiger partial charge is 0.363 e. The highest BCUT2D eigenvalue weighted by Gasteiger charge is 2.28. The van der Waals surface area contributed by atoms with Gasteiger partial charge in [-0.05, 0) is 66.8 Å². The van der Waals surface area contributed by atoms with Crippen LogP contribution in [0.3, 0.4) is 0 Å². The Morgan fingerprint density at radius 3 is 2.39 bits per heavy atom. The SMILES string of the molecule is O=C1OC(c2ccc(S(=O)(=O)N3CCCCC3)cc2)=N/C1=C\c1cn(-c2ccccc2)nc1-c1cccs1. The van der Waals surface area contributed by atoms with Crippen molar-refractivity contribution in [2.75, 3.05) is 13.1 Å². The number of para-hydroxylation sites is 1. The second-order valence-corrected chi connectivity index (χ2v) is 11.9. The van der Waals surface area contributed by atoms with E-state index in [1.165, 1.54) is 16.4 Å². The molecule has 2 aromatic heterocycles. The first-order chi connectivity index (χ1) is 18.5. The van der Waals surface area contributed by atoms with Gasteiger partial charge in [-0.1, -0.05) is 30.7 Å². The van der Waals surface area contributed by atoms with Crippen molar-refractivity contribution in [2.45, 2.75) is 24.2 Å². The summed E-state index contributed by atoms with van der Waals surface area (Å²) >= 11 is 1.56. The number of esters is 1. The zero-order valence-electron chi connectivity index (χ0n) is 20.4. The number of hydrogen-bond donors (Lipinski definition) is 0. The summed E-state index contributed by atoms with van der Waals surface area (Å²) in [6.07, 6.45) is 6.33. The van der Waals surface area contributed by atoms with E-state index in [1.54, 1.807) is 34.2 Å². The van der Waals surface area contributed by atoms with Gasteiger partial charge in [0.15, 0.2) is 5.70 Å². The summed E-state index contributed by atoms with van der Waals surface area (Å²) in [5, 5.41) is 6.73. The van der Waals surface area contributed by atoms with Gasteiger partial charge in [-0.2, -0.15) is 9.40 Å². The molecule has 192 valence electrons. The van der Waals surface area contributed by atoms with E-state index in [4.69, 9.17) is 9.84 Å². The second-order valence-electron chi connectivity index (χ2n) is 9.02. The molecular formula is C28H24N4O4S2. The third-order valence-corrected chi connectivity index (χ3v) is 9.27. The number of aromatic nitrogens is 2. The normalized spacial score (nSPS) is 17.5. The van der Waals surface area contributed by atoms with Gasteiger partial charge in [-0.15, -0.1) is 11.3 Å². The highest BCUT2D eigenvalue weighted by Crippen LogP contribution is 2.31. The van der Waals surface area contributed by atoms with Crippen molar-refractivity contribution >= 4 is 39.3 Å². The molecule has 0 aliphatic carbocycles. The molecule has 38 heavy (non-hydrogen) atoms. The van der Waals surface area contributed by atoms with Gasteiger partial charge < -0.3 is 4.74 Å². The number of carbonyl (C=O) groups excluding carboxylic acids is 1. The number of aliphatic imine (C=N–C) groups is 1. The summed E-state index contributed by atoms with van der Waals surface area (Å²) in [6.45, 7) is 1.08. The molecule has 0 saturated carbocycles. The van der Waals surface area contributed by atoms with Gasteiger partial charge in [-0.25, -0.2) is 22.9 Å². The molecule has 4 heterocycles. The minimum absolute atomic E-state index is 0.135. The molecule has 0 radical (unpaired) electrons. The minimum atomic E-state index is -3.55. The second kappa shape index (κ2) is 10.1. The molecule has 10 heteroatoms. The maximum Gasteiger partial charge on any atom is 0.363 e. The Hall–Kier alpha value is -3.86. The van der Waals surface area contributed by atoms with Crippen molar-refractivity contribution in [2.24, 2.45) is 4.99 Å². The van der Waals surface area contributed by atoms with Crippen LogP contribution in [-0.2, 0) is 19.6 Å². The number of nitrogens with zero attached hydrogens (tertiary/aromatic N) is 4. The van der Waals surface area contributed by atoms with E-state index in [1.807, 2.05) is 54.0 Å². The lowest BCUT2D eigenvalue weighted by atomic mass is 10.2. The Morgan fingerprint density at radius 2 is 1.68 bits per heavy atom. The fraction of sp³-hybridized carbons (Fsp3) is 0.179. The predicted octanol–water partition coefficient (Wildman–Crippen LogP) is 5.12. The van der Waals surface area contributed by atoms with E-state index >= 15 is 0 Å². The van der Waals surface area contributed by atoms with Gasteiger partial charge in [0.1, 0.15) is 5.69 Å². The van der Waals surface area contributed by atoms with Gasteiger partial charge in [0.25, 0.3) is 0 Å². The molecule has 2 aromatic carbocycles. The maximum absolute atomic E-state index is 13.0. The molecular weight excluding hydrogens is 520 g/mol. The van der Waals surface area contributed by atoms with E-state index in [0.717, 1.165) is 41.1 Å². The van der Waals surface area contributed by atoms with Gasteiger partial charge in [0.05, 0.1) is 15.5 Å². The number of hydrogen-bond acceptors (Lipinski definition) is 7.